The van der Waals surface area contributed by atoms with Gasteiger partial charge in [-0.3, -0.25) is 9.59 Å². The predicted octanol–water partition coefficient (Wildman–Crippen LogP) is 2.29. The van der Waals surface area contributed by atoms with Gasteiger partial charge in [0.15, 0.2) is 11.0 Å². The molecule has 5 nitrogen and oxygen atoms in total. The van der Waals surface area contributed by atoms with Crippen molar-refractivity contribution in [1.29, 1.82) is 0 Å². The molecule has 1 aromatic heterocycles. The molecule has 0 spiro atoms. The monoisotopic (exact) mass is 257 g/mol. The Bertz CT molecular complexity index is 828. The number of fused-ring (bicyclic) bond motifs is 3. The van der Waals surface area contributed by atoms with Gasteiger partial charge in [0.1, 0.15) is 0 Å². The number of aryl methyl sites for hydroxylation is 1. The van der Waals surface area contributed by atoms with Gasteiger partial charge in [-0.05, 0) is 29.7 Å². The van der Waals surface area contributed by atoms with Crippen LogP contribution in [0.3, 0.4) is 0 Å². The number of aromatic nitrogens is 1. The molecule has 1 heterocycles. The highest BCUT2D eigenvalue weighted by atomic mass is 16.5. The van der Waals surface area contributed by atoms with E-state index in [9.17, 15) is 9.59 Å². The Hall–Kier alpha value is -2.56. The third kappa shape index (κ3) is 1.99. The maximum atomic E-state index is 11.3. The Morgan fingerprint density at radius 2 is 2.00 bits per heavy atom. The zero-order chi connectivity index (χ0) is 13.4. The first-order valence-electron chi connectivity index (χ1n) is 5.90. The largest absolute Gasteiger partial charge is 0.481 e. The van der Waals surface area contributed by atoms with Crippen molar-refractivity contribution in [3.05, 3.63) is 46.2 Å². The molecule has 2 N–H and O–H groups in total. The summed E-state index contributed by atoms with van der Waals surface area (Å²) in [5.74, 6) is -0.848. The molecule has 2 aromatic carbocycles. The zero-order valence-corrected chi connectivity index (χ0v) is 9.97. The molecule has 3 rings (SSSR count). The van der Waals surface area contributed by atoms with E-state index in [1.165, 1.54) is 6.07 Å². The third-order valence-electron chi connectivity index (χ3n) is 3.13. The standard InChI is InChI=1S/C14H11NO4/c16-9-2-4-10-8(7-9)1-3-11-12(5-6-13(17)18)15-19-14(10)11/h1-4,7,15H,5-6H2,(H,17,18). The van der Waals surface area contributed by atoms with Crippen LogP contribution >= 0.6 is 0 Å². The number of aliphatic carboxylic acids is 1. The molecule has 0 radical (unpaired) electrons. The van der Waals surface area contributed by atoms with Crippen molar-refractivity contribution in [3.63, 3.8) is 0 Å². The van der Waals surface area contributed by atoms with Gasteiger partial charge in [0, 0.05) is 17.2 Å². The van der Waals surface area contributed by atoms with Gasteiger partial charge in [-0.15, -0.1) is 0 Å². The van der Waals surface area contributed by atoms with Crippen molar-refractivity contribution >= 4 is 27.7 Å². The Balaban J connectivity index is 2.17. The summed E-state index contributed by atoms with van der Waals surface area (Å²) in [6.45, 7) is 0. The van der Waals surface area contributed by atoms with Crippen LogP contribution in [0.5, 0.6) is 0 Å². The predicted molar refractivity (Wildman–Crippen MR) is 70.3 cm³/mol. The third-order valence-corrected chi connectivity index (χ3v) is 3.13. The summed E-state index contributed by atoms with van der Waals surface area (Å²) < 4.78 is 5.41. The Kier molecular flexibility index (Phi) is 2.59. The topological polar surface area (TPSA) is 83.3 Å². The summed E-state index contributed by atoms with van der Waals surface area (Å²) in [5, 5.41) is 14.0. The molecule has 0 aliphatic rings. The van der Waals surface area contributed by atoms with Crippen LogP contribution in [0.1, 0.15) is 12.1 Å². The molecule has 0 aliphatic heterocycles. The van der Waals surface area contributed by atoms with Crippen LogP contribution in [0.2, 0.25) is 0 Å². The molecule has 0 atom stereocenters. The van der Waals surface area contributed by atoms with Crippen LogP contribution < -0.4 is 5.43 Å². The Morgan fingerprint density at radius 1 is 1.21 bits per heavy atom. The van der Waals surface area contributed by atoms with E-state index in [2.05, 4.69) is 5.16 Å². The van der Waals surface area contributed by atoms with E-state index in [1.54, 1.807) is 12.1 Å². The number of carboxylic acids is 1. The number of carbonyl (C=O) groups is 1. The fraction of sp³-hybridized carbons (Fsp3) is 0.143. The maximum absolute atomic E-state index is 11.3. The number of aromatic amines is 1. The van der Waals surface area contributed by atoms with E-state index < -0.39 is 5.97 Å². The highest BCUT2D eigenvalue weighted by molar-refractivity contribution is 6.04. The molecule has 0 saturated carbocycles. The second kappa shape index (κ2) is 4.28. The fourth-order valence-electron chi connectivity index (χ4n) is 2.21. The number of rotatable bonds is 3. The van der Waals surface area contributed by atoms with Crippen LogP contribution in [-0.2, 0) is 11.2 Å². The number of hydrogen-bond donors (Lipinski definition) is 2. The minimum atomic E-state index is -0.848. The lowest BCUT2D eigenvalue weighted by atomic mass is 10.1. The summed E-state index contributed by atoms with van der Waals surface area (Å²) in [5.41, 5.74) is 1.36. The van der Waals surface area contributed by atoms with E-state index in [1.807, 2.05) is 12.1 Å². The van der Waals surface area contributed by atoms with Crippen molar-refractivity contribution in [2.24, 2.45) is 0 Å². The molecule has 0 amide bonds. The van der Waals surface area contributed by atoms with Gasteiger partial charge in [0.2, 0.25) is 0 Å². The number of hydrogen-bond acceptors (Lipinski definition) is 3. The van der Waals surface area contributed by atoms with Crippen molar-refractivity contribution < 1.29 is 14.4 Å². The van der Waals surface area contributed by atoms with Crippen molar-refractivity contribution in [1.82, 2.24) is 5.16 Å². The molecule has 19 heavy (non-hydrogen) atoms. The minimum Gasteiger partial charge on any atom is -0.481 e. The summed E-state index contributed by atoms with van der Waals surface area (Å²) in [6, 6.07) is 8.44. The van der Waals surface area contributed by atoms with Crippen molar-refractivity contribution in [3.8, 4) is 0 Å². The molecular weight excluding hydrogens is 246 g/mol. The SMILES string of the molecule is O=C(O)CCc1[nH]oc2c1ccc1cc(=O)ccc12. The van der Waals surface area contributed by atoms with Crippen LogP contribution in [0.15, 0.2) is 39.6 Å². The molecule has 96 valence electrons. The molecule has 0 aliphatic carbocycles. The van der Waals surface area contributed by atoms with Gasteiger partial charge in [-0.1, -0.05) is 6.07 Å². The smallest absolute Gasteiger partial charge is 0.303 e. The number of benzene rings is 2. The maximum Gasteiger partial charge on any atom is 0.303 e. The first-order valence-corrected chi connectivity index (χ1v) is 5.90. The van der Waals surface area contributed by atoms with E-state index in [-0.39, 0.29) is 11.8 Å². The van der Waals surface area contributed by atoms with Gasteiger partial charge in [0.05, 0.1) is 12.1 Å². The number of H-pyrrole nitrogens is 1. The molecule has 3 aromatic rings. The number of nitrogens with one attached hydrogen (secondary N) is 1. The lowest BCUT2D eigenvalue weighted by molar-refractivity contribution is -0.136. The van der Waals surface area contributed by atoms with Crippen molar-refractivity contribution in [2.45, 2.75) is 12.8 Å². The highest BCUT2D eigenvalue weighted by Gasteiger charge is 2.11. The Labute approximate surface area is 107 Å². The molecule has 0 bridgehead atoms. The van der Waals surface area contributed by atoms with Gasteiger partial charge >= 0.3 is 5.97 Å². The average Bonchev–Trinajstić information content (AvgIpc) is 2.79. The first kappa shape index (κ1) is 11.5. The summed E-state index contributed by atoms with van der Waals surface area (Å²) >= 11 is 0. The zero-order valence-electron chi connectivity index (χ0n) is 9.97. The van der Waals surface area contributed by atoms with Gasteiger partial charge in [-0.25, -0.2) is 5.16 Å². The van der Waals surface area contributed by atoms with E-state index in [4.69, 9.17) is 9.63 Å². The first-order chi connectivity index (χ1) is 9.15. The fourth-order valence-corrected chi connectivity index (χ4v) is 2.21. The molecule has 0 fully saturated rings. The average molecular weight is 257 g/mol. The lowest BCUT2D eigenvalue weighted by Gasteiger charge is -1.97. The quantitative estimate of drug-likeness (QED) is 0.754. The van der Waals surface area contributed by atoms with Gasteiger partial charge in [-0.2, -0.15) is 0 Å². The van der Waals surface area contributed by atoms with E-state index in [0.717, 1.165) is 21.9 Å². The summed E-state index contributed by atoms with van der Waals surface area (Å²) in [6.07, 6.45) is 0.427. The Morgan fingerprint density at radius 3 is 2.79 bits per heavy atom. The van der Waals surface area contributed by atoms with Crippen LogP contribution in [-0.4, -0.2) is 16.2 Å². The normalized spacial score (nSPS) is 11.2. The molecule has 5 heteroatoms. The van der Waals surface area contributed by atoms with Gasteiger partial charge < -0.3 is 9.63 Å². The second-order valence-corrected chi connectivity index (χ2v) is 4.40. The lowest BCUT2D eigenvalue weighted by Crippen LogP contribution is -1.97. The van der Waals surface area contributed by atoms with Crippen LogP contribution in [0.4, 0.5) is 0 Å². The van der Waals surface area contributed by atoms with Crippen LogP contribution in [0.25, 0.3) is 21.7 Å². The minimum absolute atomic E-state index is 0.0443. The van der Waals surface area contributed by atoms with E-state index in [0.29, 0.717) is 12.0 Å². The van der Waals surface area contributed by atoms with Gasteiger partial charge in [0.25, 0.3) is 0 Å². The molecule has 0 unspecified atom stereocenters. The van der Waals surface area contributed by atoms with Crippen LogP contribution in [0, 0.1) is 0 Å². The molecular formula is C14H11NO4. The number of carboxylic acid groups (broad SMARTS) is 1. The second-order valence-electron chi connectivity index (χ2n) is 4.40. The van der Waals surface area contributed by atoms with Crippen molar-refractivity contribution in [2.75, 3.05) is 0 Å². The highest BCUT2D eigenvalue weighted by Crippen LogP contribution is 2.27. The summed E-state index contributed by atoms with van der Waals surface area (Å²) in [4.78, 5) is 21.9. The molecule has 0 saturated heterocycles. The summed E-state index contributed by atoms with van der Waals surface area (Å²) in [7, 11) is 0. The van der Waals surface area contributed by atoms with E-state index >= 15 is 0 Å².